The molecule has 1 aliphatic rings. The Bertz CT molecular complexity index is 947. The summed E-state index contributed by atoms with van der Waals surface area (Å²) in [5.41, 5.74) is 20.7. The van der Waals surface area contributed by atoms with E-state index in [0.717, 1.165) is 54.6 Å². The maximum atomic E-state index is 11.5. The molecule has 0 aromatic heterocycles. The minimum absolute atomic E-state index is 0.977. The number of nitrogens with zero attached hydrogens (tertiary/aromatic N) is 2. The van der Waals surface area contributed by atoms with Crippen LogP contribution in [0, 0.1) is 13.8 Å². The third kappa shape index (κ3) is 4.75. The first-order chi connectivity index (χ1) is 14.1. The van der Waals surface area contributed by atoms with Gasteiger partial charge >= 0.3 is 0 Å². The van der Waals surface area contributed by atoms with Crippen molar-refractivity contribution in [2.45, 2.75) is 72.6 Å². The summed E-state index contributed by atoms with van der Waals surface area (Å²) in [4.78, 5) is 0. The van der Waals surface area contributed by atoms with Crippen LogP contribution in [0.15, 0.2) is 59.7 Å². The molecule has 1 aliphatic heterocycles. The molecule has 3 rings (SSSR count). The van der Waals surface area contributed by atoms with Crippen molar-refractivity contribution in [3.05, 3.63) is 87.5 Å². The second kappa shape index (κ2) is 9.82. The topological polar surface area (TPSA) is 25.3 Å². The number of benzene rings is 2. The Morgan fingerprint density at radius 1 is 0.690 bits per heavy atom. The highest BCUT2D eigenvalue weighted by atomic mass is 15.2. The van der Waals surface area contributed by atoms with Gasteiger partial charge in [0.15, 0.2) is 0 Å². The highest BCUT2D eigenvalue weighted by Crippen LogP contribution is 2.44. The second-order valence-electron chi connectivity index (χ2n) is 8.27. The third-order valence-electron chi connectivity index (χ3n) is 5.75. The van der Waals surface area contributed by atoms with Crippen LogP contribution in [0.5, 0.6) is 0 Å². The first-order valence-electron chi connectivity index (χ1n) is 11.2. The lowest BCUT2D eigenvalue weighted by Gasteiger charge is -2.10. The Hall–Kier alpha value is -2.48. The summed E-state index contributed by atoms with van der Waals surface area (Å²) in [6.07, 6.45) is 7.89. The van der Waals surface area contributed by atoms with Gasteiger partial charge in [-0.3, -0.25) is 0 Å². The Morgan fingerprint density at radius 2 is 1.17 bits per heavy atom. The predicted molar refractivity (Wildman–Crippen MR) is 123 cm³/mol. The summed E-state index contributed by atoms with van der Waals surface area (Å²) in [5, 5.41) is 0. The first-order valence-corrected chi connectivity index (χ1v) is 11.2. The van der Waals surface area contributed by atoms with E-state index in [4.69, 9.17) is 0 Å². The number of hydrogen-bond acceptors (Lipinski definition) is 0. The van der Waals surface area contributed by atoms with Crippen molar-refractivity contribution in [1.82, 2.24) is 0 Å². The summed E-state index contributed by atoms with van der Waals surface area (Å²) in [6, 6.07) is 17.0. The van der Waals surface area contributed by atoms with E-state index in [2.05, 4.69) is 76.2 Å². The van der Waals surface area contributed by atoms with Gasteiger partial charge in [-0.15, -0.1) is 0 Å². The van der Waals surface area contributed by atoms with Crippen LogP contribution < -0.4 is 0 Å². The van der Waals surface area contributed by atoms with Gasteiger partial charge in [-0.05, 0) is 63.8 Å². The number of unbranched alkanes of at least 4 members (excludes halogenated alkanes) is 3. The van der Waals surface area contributed by atoms with Crippen LogP contribution in [0.2, 0.25) is 0 Å². The molecule has 2 aromatic rings. The van der Waals surface area contributed by atoms with Gasteiger partial charge in [0, 0.05) is 22.3 Å². The SMILES string of the molecule is CCCCCC1=C(c2cccc(C)c2)[N+](=[N-])C(c2cccc(C)c2)=C1CCCC. The van der Waals surface area contributed by atoms with E-state index < -0.39 is 0 Å². The summed E-state index contributed by atoms with van der Waals surface area (Å²) < 4.78 is 1.48. The van der Waals surface area contributed by atoms with Gasteiger partial charge in [-0.25, -0.2) is 4.70 Å². The van der Waals surface area contributed by atoms with Crippen molar-refractivity contribution >= 4 is 11.4 Å². The normalized spacial score (nSPS) is 14.3. The van der Waals surface area contributed by atoms with Gasteiger partial charge in [0.2, 0.25) is 11.4 Å². The number of hydrogen-bond donors (Lipinski definition) is 0. The molecule has 0 N–H and O–H groups in total. The molecule has 0 fully saturated rings. The molecule has 0 unspecified atom stereocenters. The van der Waals surface area contributed by atoms with Gasteiger partial charge in [-0.2, -0.15) is 0 Å². The Balaban J connectivity index is 2.16. The molecule has 1 heterocycles. The van der Waals surface area contributed by atoms with Gasteiger partial charge in [0.05, 0.1) is 0 Å². The zero-order valence-corrected chi connectivity index (χ0v) is 18.5. The highest BCUT2D eigenvalue weighted by molar-refractivity contribution is 5.82. The standard InChI is InChI=1S/C27H34N2/c1-5-7-9-17-25-24(16-8-6-2)26(22-14-10-12-20(3)18-22)29(28)27(25)23-15-11-13-21(4)19-23/h10-15,18-19H,5-9,16-17H2,1-4H3. The van der Waals surface area contributed by atoms with E-state index in [1.54, 1.807) is 0 Å². The Kier molecular flexibility index (Phi) is 7.19. The van der Waals surface area contributed by atoms with E-state index in [1.165, 1.54) is 39.8 Å². The summed E-state index contributed by atoms with van der Waals surface area (Å²) >= 11 is 0. The van der Waals surface area contributed by atoms with Crippen LogP contribution in [-0.2, 0) is 0 Å². The Morgan fingerprint density at radius 3 is 1.62 bits per heavy atom. The van der Waals surface area contributed by atoms with Crippen LogP contribution in [0.25, 0.3) is 16.9 Å². The lowest BCUT2D eigenvalue weighted by atomic mass is 9.91. The molecule has 29 heavy (non-hydrogen) atoms. The van der Waals surface area contributed by atoms with Gasteiger partial charge in [0.25, 0.3) is 0 Å². The van der Waals surface area contributed by atoms with Crippen LogP contribution in [0.3, 0.4) is 0 Å². The molecule has 2 nitrogen and oxygen atoms in total. The fourth-order valence-corrected chi connectivity index (χ4v) is 4.27. The highest BCUT2D eigenvalue weighted by Gasteiger charge is 2.35. The number of rotatable bonds is 9. The van der Waals surface area contributed by atoms with E-state index in [-0.39, 0.29) is 0 Å². The molecule has 0 amide bonds. The van der Waals surface area contributed by atoms with Crippen molar-refractivity contribution in [3.63, 3.8) is 0 Å². The molecule has 2 aromatic carbocycles. The molecular formula is C27H34N2. The van der Waals surface area contributed by atoms with Crippen molar-refractivity contribution in [2.24, 2.45) is 0 Å². The second-order valence-corrected chi connectivity index (χ2v) is 8.27. The molecular weight excluding hydrogens is 352 g/mol. The van der Waals surface area contributed by atoms with E-state index in [9.17, 15) is 5.53 Å². The zero-order chi connectivity index (χ0) is 20.8. The largest absolute Gasteiger partial charge is 0.493 e. The lowest BCUT2D eigenvalue weighted by molar-refractivity contribution is -0.345. The molecule has 0 spiro atoms. The fraction of sp³-hybridized carbons (Fsp3) is 0.407. The molecule has 2 heteroatoms. The number of allylic oxidation sites excluding steroid dienone is 2. The summed E-state index contributed by atoms with van der Waals surface area (Å²) in [7, 11) is 0. The van der Waals surface area contributed by atoms with Crippen molar-refractivity contribution in [3.8, 4) is 0 Å². The smallest absolute Gasteiger partial charge is 0.211 e. The molecule has 0 saturated heterocycles. The maximum absolute atomic E-state index is 11.5. The lowest BCUT2D eigenvalue weighted by Crippen LogP contribution is -2.03. The molecule has 152 valence electrons. The first kappa shape index (κ1) is 21.2. The van der Waals surface area contributed by atoms with E-state index >= 15 is 0 Å². The molecule has 0 atom stereocenters. The van der Waals surface area contributed by atoms with Gasteiger partial charge < -0.3 is 5.53 Å². The van der Waals surface area contributed by atoms with Crippen molar-refractivity contribution in [2.75, 3.05) is 0 Å². The average Bonchev–Trinajstić information content (AvgIpc) is 2.98. The molecule has 0 radical (unpaired) electrons. The Labute approximate surface area is 176 Å². The summed E-state index contributed by atoms with van der Waals surface area (Å²) in [6.45, 7) is 8.71. The monoisotopic (exact) mass is 386 g/mol. The zero-order valence-electron chi connectivity index (χ0n) is 18.5. The van der Waals surface area contributed by atoms with Crippen LogP contribution in [-0.4, -0.2) is 4.70 Å². The van der Waals surface area contributed by atoms with Crippen molar-refractivity contribution in [1.29, 1.82) is 0 Å². The minimum atomic E-state index is 0.977. The van der Waals surface area contributed by atoms with Crippen LogP contribution in [0.4, 0.5) is 0 Å². The molecule has 0 aliphatic carbocycles. The predicted octanol–water partition coefficient (Wildman–Crippen LogP) is 8.24. The quantitative estimate of drug-likeness (QED) is 0.306. The third-order valence-corrected chi connectivity index (χ3v) is 5.75. The van der Waals surface area contributed by atoms with Crippen LogP contribution in [0.1, 0.15) is 81.0 Å². The van der Waals surface area contributed by atoms with Crippen LogP contribution >= 0.6 is 0 Å². The number of aryl methyl sites for hydroxylation is 2. The van der Waals surface area contributed by atoms with Crippen molar-refractivity contribution < 1.29 is 4.70 Å². The van der Waals surface area contributed by atoms with Gasteiger partial charge in [0.1, 0.15) is 0 Å². The average molecular weight is 387 g/mol. The summed E-state index contributed by atoms with van der Waals surface area (Å²) in [5.74, 6) is 0. The van der Waals surface area contributed by atoms with E-state index in [0.29, 0.717) is 0 Å². The molecule has 0 saturated carbocycles. The maximum Gasteiger partial charge on any atom is 0.211 e. The van der Waals surface area contributed by atoms with Gasteiger partial charge in [-0.1, -0.05) is 68.5 Å². The molecule has 0 bridgehead atoms. The fourth-order valence-electron chi connectivity index (χ4n) is 4.27. The minimum Gasteiger partial charge on any atom is -0.493 e. The van der Waals surface area contributed by atoms with E-state index in [1.807, 2.05) is 0 Å².